The lowest BCUT2D eigenvalue weighted by atomic mass is 10.3. The summed E-state index contributed by atoms with van der Waals surface area (Å²) in [6, 6.07) is 0. The Bertz CT molecular complexity index is 219. The van der Waals surface area contributed by atoms with Gasteiger partial charge in [-0.25, -0.2) is 0 Å². The maximum atomic E-state index is 11.4. The van der Waals surface area contributed by atoms with E-state index in [9.17, 15) is 4.21 Å². The minimum atomic E-state index is -0.550. The average molecular weight is 201 g/mol. The van der Waals surface area contributed by atoms with Crippen LogP contribution in [0.15, 0.2) is 0 Å². The Morgan fingerprint density at radius 1 is 1.46 bits per heavy atom. The van der Waals surface area contributed by atoms with Crippen molar-refractivity contribution in [2.75, 3.05) is 25.4 Å². The quantitative estimate of drug-likeness (QED) is 0.667. The molecule has 0 aromatic heterocycles. The van der Waals surface area contributed by atoms with Gasteiger partial charge in [0.05, 0.1) is 0 Å². The molecule has 4 unspecified atom stereocenters. The molecule has 0 aromatic carbocycles. The maximum Gasteiger partial charge on any atom is 0.0447 e. The van der Waals surface area contributed by atoms with Gasteiger partial charge >= 0.3 is 0 Å². The molecular weight excluding hydrogens is 182 g/mol. The van der Waals surface area contributed by atoms with Crippen LogP contribution in [0, 0.1) is 11.8 Å². The summed E-state index contributed by atoms with van der Waals surface area (Å²) in [7, 11) is -0.550. The van der Waals surface area contributed by atoms with Crippen molar-refractivity contribution in [3.63, 3.8) is 0 Å². The number of hydrogen-bond donors (Lipinski definition) is 0. The van der Waals surface area contributed by atoms with Crippen LogP contribution in [0.25, 0.3) is 0 Å². The van der Waals surface area contributed by atoms with E-state index in [1.807, 2.05) is 0 Å². The minimum Gasteiger partial charge on any atom is -0.301 e. The molecule has 2 fully saturated rings. The Labute approximate surface area is 83.1 Å². The van der Waals surface area contributed by atoms with Crippen LogP contribution < -0.4 is 0 Å². The van der Waals surface area contributed by atoms with Gasteiger partial charge in [-0.15, -0.1) is 0 Å². The van der Waals surface area contributed by atoms with Gasteiger partial charge in [-0.2, -0.15) is 0 Å². The summed E-state index contributed by atoms with van der Waals surface area (Å²) in [5.41, 5.74) is 0. The molecule has 1 saturated carbocycles. The Morgan fingerprint density at radius 3 is 2.69 bits per heavy atom. The fourth-order valence-corrected chi connectivity index (χ4v) is 3.33. The molecule has 1 heterocycles. The zero-order valence-electron chi connectivity index (χ0n) is 8.53. The van der Waals surface area contributed by atoms with Crippen molar-refractivity contribution in [1.82, 2.24) is 4.90 Å². The molecule has 2 aliphatic rings. The third-order valence-electron chi connectivity index (χ3n) is 3.34. The van der Waals surface area contributed by atoms with Crippen LogP contribution in [-0.4, -0.2) is 39.7 Å². The second-order valence-corrected chi connectivity index (χ2v) is 6.60. The summed E-state index contributed by atoms with van der Waals surface area (Å²) < 4.78 is 11.4. The third kappa shape index (κ3) is 2.32. The SMILES string of the molecule is CC1CC1CN1CCS(=O)C(C)C1. The predicted molar refractivity (Wildman–Crippen MR) is 56.2 cm³/mol. The van der Waals surface area contributed by atoms with Crippen LogP contribution in [0.5, 0.6) is 0 Å². The monoisotopic (exact) mass is 201 g/mol. The normalized spacial score (nSPS) is 46.3. The topological polar surface area (TPSA) is 20.3 Å². The first-order valence-corrected chi connectivity index (χ1v) is 6.64. The Hall–Kier alpha value is 0.110. The summed E-state index contributed by atoms with van der Waals surface area (Å²) >= 11 is 0. The van der Waals surface area contributed by atoms with E-state index in [0.29, 0.717) is 5.25 Å². The molecule has 2 nitrogen and oxygen atoms in total. The zero-order valence-corrected chi connectivity index (χ0v) is 9.35. The summed E-state index contributed by atoms with van der Waals surface area (Å²) in [4.78, 5) is 2.50. The third-order valence-corrected chi connectivity index (χ3v) is 4.97. The number of hydrogen-bond acceptors (Lipinski definition) is 2. The molecule has 2 rings (SSSR count). The van der Waals surface area contributed by atoms with Crippen molar-refractivity contribution in [1.29, 1.82) is 0 Å². The van der Waals surface area contributed by atoms with Gasteiger partial charge in [-0.05, 0) is 25.2 Å². The fraction of sp³-hybridized carbons (Fsp3) is 1.00. The van der Waals surface area contributed by atoms with Crippen LogP contribution in [0.3, 0.4) is 0 Å². The van der Waals surface area contributed by atoms with E-state index in [1.54, 1.807) is 0 Å². The molecular formula is C10H19NOS. The number of rotatable bonds is 2. The molecule has 13 heavy (non-hydrogen) atoms. The van der Waals surface area contributed by atoms with Crippen molar-refractivity contribution < 1.29 is 4.21 Å². The highest BCUT2D eigenvalue weighted by molar-refractivity contribution is 7.85. The van der Waals surface area contributed by atoms with Crippen molar-refractivity contribution in [3.8, 4) is 0 Å². The summed E-state index contributed by atoms with van der Waals surface area (Å²) in [6.45, 7) is 7.80. The van der Waals surface area contributed by atoms with E-state index in [-0.39, 0.29) is 0 Å². The lowest BCUT2D eigenvalue weighted by Crippen LogP contribution is -2.43. The highest BCUT2D eigenvalue weighted by Crippen LogP contribution is 2.38. The average Bonchev–Trinajstić information content (AvgIpc) is 2.75. The molecule has 76 valence electrons. The van der Waals surface area contributed by atoms with Crippen LogP contribution >= 0.6 is 0 Å². The fourth-order valence-electron chi connectivity index (χ4n) is 2.11. The van der Waals surface area contributed by atoms with Gasteiger partial charge in [0.1, 0.15) is 0 Å². The number of nitrogens with zero attached hydrogens (tertiary/aromatic N) is 1. The molecule has 4 atom stereocenters. The van der Waals surface area contributed by atoms with Crippen molar-refractivity contribution in [2.45, 2.75) is 25.5 Å². The summed E-state index contributed by atoms with van der Waals surface area (Å²) in [5, 5.41) is 0.391. The van der Waals surface area contributed by atoms with E-state index in [0.717, 1.165) is 30.7 Å². The second kappa shape index (κ2) is 3.70. The second-order valence-electron chi connectivity index (χ2n) is 4.63. The van der Waals surface area contributed by atoms with Gasteiger partial charge in [0.2, 0.25) is 0 Å². The molecule has 0 aromatic rings. The van der Waals surface area contributed by atoms with Crippen LogP contribution in [-0.2, 0) is 10.8 Å². The van der Waals surface area contributed by atoms with Crippen molar-refractivity contribution in [3.05, 3.63) is 0 Å². The van der Waals surface area contributed by atoms with Gasteiger partial charge in [0.25, 0.3) is 0 Å². The molecule has 0 N–H and O–H groups in total. The smallest absolute Gasteiger partial charge is 0.0447 e. The van der Waals surface area contributed by atoms with Gasteiger partial charge < -0.3 is 4.90 Å². The maximum absolute atomic E-state index is 11.4. The van der Waals surface area contributed by atoms with Crippen molar-refractivity contribution in [2.24, 2.45) is 11.8 Å². The lowest BCUT2D eigenvalue weighted by Gasteiger charge is -2.30. The molecule has 3 heteroatoms. The van der Waals surface area contributed by atoms with Crippen LogP contribution in [0.4, 0.5) is 0 Å². The standard InChI is InChI=1S/C10H19NOS/c1-8-5-10(8)7-11-3-4-13(12)9(2)6-11/h8-10H,3-7H2,1-2H3. The van der Waals surface area contributed by atoms with E-state index >= 15 is 0 Å². The first-order chi connectivity index (χ1) is 6.16. The van der Waals surface area contributed by atoms with Gasteiger partial charge in [0, 0.05) is 41.4 Å². The molecule has 1 saturated heterocycles. The molecule has 0 amide bonds. The summed E-state index contributed by atoms with van der Waals surface area (Å²) in [5.74, 6) is 2.78. The lowest BCUT2D eigenvalue weighted by molar-refractivity contribution is 0.267. The highest BCUT2D eigenvalue weighted by atomic mass is 32.2. The van der Waals surface area contributed by atoms with Crippen molar-refractivity contribution >= 4 is 10.8 Å². The van der Waals surface area contributed by atoms with Crippen LogP contribution in [0.2, 0.25) is 0 Å². The Balaban J connectivity index is 1.78. The molecule has 1 aliphatic carbocycles. The predicted octanol–water partition coefficient (Wildman–Crippen LogP) is 1.10. The van der Waals surface area contributed by atoms with Gasteiger partial charge in [0.15, 0.2) is 0 Å². The molecule has 0 bridgehead atoms. The summed E-state index contributed by atoms with van der Waals surface area (Å²) in [6.07, 6.45) is 1.41. The van der Waals surface area contributed by atoms with E-state index < -0.39 is 10.8 Å². The molecule has 1 aliphatic heterocycles. The highest BCUT2D eigenvalue weighted by Gasteiger charge is 2.35. The first kappa shape index (κ1) is 9.66. The Kier molecular flexibility index (Phi) is 2.75. The molecule has 0 radical (unpaired) electrons. The largest absolute Gasteiger partial charge is 0.301 e. The molecule has 0 spiro atoms. The first-order valence-electron chi connectivity index (χ1n) is 5.26. The zero-order chi connectivity index (χ0) is 9.42. The van der Waals surface area contributed by atoms with E-state index in [1.165, 1.54) is 13.0 Å². The van der Waals surface area contributed by atoms with Gasteiger partial charge in [-0.3, -0.25) is 4.21 Å². The van der Waals surface area contributed by atoms with Gasteiger partial charge in [-0.1, -0.05) is 6.92 Å². The minimum absolute atomic E-state index is 0.391. The van der Waals surface area contributed by atoms with E-state index in [2.05, 4.69) is 18.7 Å². The van der Waals surface area contributed by atoms with E-state index in [4.69, 9.17) is 0 Å². The van der Waals surface area contributed by atoms with Crippen LogP contribution in [0.1, 0.15) is 20.3 Å². The Morgan fingerprint density at radius 2 is 2.15 bits per heavy atom.